The third-order valence-electron chi connectivity index (χ3n) is 3.79. The summed E-state index contributed by atoms with van der Waals surface area (Å²) in [5.74, 6) is 0. The molecule has 1 aliphatic rings. The van der Waals surface area contributed by atoms with E-state index in [-0.39, 0.29) is 0 Å². The molecule has 0 amide bonds. The maximum Gasteiger partial charge on any atom is 0.0564 e. The quantitative estimate of drug-likeness (QED) is 0.794. The van der Waals surface area contributed by atoms with Gasteiger partial charge in [0.2, 0.25) is 0 Å². The van der Waals surface area contributed by atoms with Crippen molar-refractivity contribution in [1.29, 1.82) is 0 Å². The van der Waals surface area contributed by atoms with Crippen molar-refractivity contribution < 1.29 is 0 Å². The number of nitrogens with one attached hydrogen (secondary N) is 1. The molecule has 0 radical (unpaired) electrons. The molecular weight excluding hydrogens is 278 g/mol. The second-order valence-electron chi connectivity index (χ2n) is 5.73. The molecule has 2 heterocycles. The van der Waals surface area contributed by atoms with Gasteiger partial charge in [0.25, 0.3) is 0 Å². The Bertz CT molecular complexity index is 549. The van der Waals surface area contributed by atoms with Crippen LogP contribution in [-0.4, -0.2) is 22.5 Å². The van der Waals surface area contributed by atoms with Crippen LogP contribution in [0.15, 0.2) is 35.2 Å². The smallest absolute Gasteiger partial charge is 0.0564 e. The van der Waals surface area contributed by atoms with Crippen LogP contribution in [0.2, 0.25) is 0 Å². The lowest BCUT2D eigenvalue weighted by molar-refractivity contribution is 0.243. The molecular formula is C17H23N3S. The zero-order chi connectivity index (χ0) is 14.5. The van der Waals surface area contributed by atoms with Crippen molar-refractivity contribution in [3.05, 3.63) is 46.4 Å². The number of hydrogen-bond donors (Lipinski definition) is 1. The Balaban J connectivity index is 1.65. The molecule has 1 N–H and O–H groups in total. The third kappa shape index (κ3) is 4.29. The maximum atomic E-state index is 4.55. The number of anilines is 1. The van der Waals surface area contributed by atoms with Crippen molar-refractivity contribution in [3.63, 3.8) is 0 Å². The van der Waals surface area contributed by atoms with Gasteiger partial charge in [0.1, 0.15) is 0 Å². The highest BCUT2D eigenvalue weighted by atomic mass is 32.1. The van der Waals surface area contributed by atoms with Crippen LogP contribution < -0.4 is 5.32 Å². The van der Waals surface area contributed by atoms with E-state index in [0.29, 0.717) is 0 Å². The summed E-state index contributed by atoms with van der Waals surface area (Å²) in [6.45, 7) is 5.19. The van der Waals surface area contributed by atoms with E-state index in [2.05, 4.69) is 51.1 Å². The molecule has 0 unspecified atom stereocenters. The van der Waals surface area contributed by atoms with E-state index in [1.807, 2.05) is 6.20 Å². The van der Waals surface area contributed by atoms with E-state index >= 15 is 0 Å². The predicted octanol–water partition coefficient (Wildman–Crippen LogP) is 4.13. The van der Waals surface area contributed by atoms with Gasteiger partial charge in [0.15, 0.2) is 0 Å². The van der Waals surface area contributed by atoms with Crippen molar-refractivity contribution in [3.8, 4) is 0 Å². The minimum absolute atomic E-state index is 0.749. The fraction of sp³-hybridized carbons (Fsp3) is 0.471. The Hall–Kier alpha value is -1.39. The molecule has 21 heavy (non-hydrogen) atoms. The average molecular weight is 301 g/mol. The number of thiophene rings is 1. The first-order valence-electron chi connectivity index (χ1n) is 7.79. The van der Waals surface area contributed by atoms with Crippen molar-refractivity contribution >= 4 is 17.0 Å². The van der Waals surface area contributed by atoms with Gasteiger partial charge in [-0.15, -0.1) is 0 Å². The standard InChI is InChI=1S/C17H23N3S/c1-2-7-18-15-5-8-19-16(10-15)12-20(17-3-4-17)11-14-6-9-21-13-14/h5-6,8-10,13,17H,2-4,7,11-12H2,1H3,(H,18,19). The highest BCUT2D eigenvalue weighted by Gasteiger charge is 2.29. The maximum absolute atomic E-state index is 4.55. The average Bonchev–Trinajstić information content (AvgIpc) is 3.23. The van der Waals surface area contributed by atoms with Gasteiger partial charge >= 0.3 is 0 Å². The second kappa shape index (κ2) is 7.05. The lowest BCUT2D eigenvalue weighted by Gasteiger charge is -2.21. The van der Waals surface area contributed by atoms with Crippen LogP contribution in [0.3, 0.4) is 0 Å². The first-order valence-corrected chi connectivity index (χ1v) is 8.73. The topological polar surface area (TPSA) is 28.2 Å². The highest BCUT2D eigenvalue weighted by Crippen LogP contribution is 2.30. The van der Waals surface area contributed by atoms with E-state index in [0.717, 1.165) is 32.1 Å². The largest absolute Gasteiger partial charge is 0.385 e. The van der Waals surface area contributed by atoms with Crippen LogP contribution in [0.1, 0.15) is 37.4 Å². The first kappa shape index (κ1) is 14.5. The molecule has 0 bridgehead atoms. The summed E-state index contributed by atoms with van der Waals surface area (Å²) >= 11 is 1.78. The zero-order valence-corrected chi connectivity index (χ0v) is 13.4. The lowest BCUT2D eigenvalue weighted by Crippen LogP contribution is -2.25. The monoisotopic (exact) mass is 301 g/mol. The van der Waals surface area contributed by atoms with Crippen LogP contribution in [0.5, 0.6) is 0 Å². The van der Waals surface area contributed by atoms with Crippen molar-refractivity contribution in [2.24, 2.45) is 0 Å². The third-order valence-corrected chi connectivity index (χ3v) is 4.52. The Kier molecular flexibility index (Phi) is 4.88. The van der Waals surface area contributed by atoms with Gasteiger partial charge in [-0.1, -0.05) is 6.92 Å². The van der Waals surface area contributed by atoms with Gasteiger partial charge in [-0.25, -0.2) is 0 Å². The summed E-state index contributed by atoms with van der Waals surface area (Å²) in [4.78, 5) is 7.11. The Morgan fingerprint density at radius 3 is 2.95 bits per heavy atom. The first-order chi connectivity index (χ1) is 10.3. The summed E-state index contributed by atoms with van der Waals surface area (Å²) in [6, 6.07) is 7.23. The van der Waals surface area contributed by atoms with Gasteiger partial charge < -0.3 is 5.32 Å². The van der Waals surface area contributed by atoms with E-state index in [9.17, 15) is 0 Å². The molecule has 0 spiro atoms. The summed E-state index contributed by atoms with van der Waals surface area (Å²) in [5.41, 5.74) is 3.78. The molecule has 112 valence electrons. The normalized spacial score (nSPS) is 14.6. The van der Waals surface area contributed by atoms with Crippen molar-refractivity contribution in [2.75, 3.05) is 11.9 Å². The van der Waals surface area contributed by atoms with Crippen molar-refractivity contribution in [1.82, 2.24) is 9.88 Å². The molecule has 3 rings (SSSR count). The predicted molar refractivity (Wildman–Crippen MR) is 89.6 cm³/mol. The molecule has 2 aromatic heterocycles. The van der Waals surface area contributed by atoms with Crippen LogP contribution in [0.25, 0.3) is 0 Å². The van der Waals surface area contributed by atoms with Gasteiger partial charge in [-0.2, -0.15) is 11.3 Å². The van der Waals surface area contributed by atoms with Crippen LogP contribution in [-0.2, 0) is 13.1 Å². The van der Waals surface area contributed by atoms with E-state index < -0.39 is 0 Å². The summed E-state index contributed by atoms with van der Waals surface area (Å²) < 4.78 is 0. The zero-order valence-electron chi connectivity index (χ0n) is 12.6. The molecule has 0 aromatic carbocycles. The fourth-order valence-corrected chi connectivity index (χ4v) is 3.18. The molecule has 4 heteroatoms. The number of hydrogen-bond acceptors (Lipinski definition) is 4. The highest BCUT2D eigenvalue weighted by molar-refractivity contribution is 7.07. The Morgan fingerprint density at radius 1 is 1.33 bits per heavy atom. The van der Waals surface area contributed by atoms with E-state index in [4.69, 9.17) is 0 Å². The molecule has 0 aliphatic heterocycles. The Morgan fingerprint density at radius 2 is 2.24 bits per heavy atom. The number of nitrogens with zero attached hydrogens (tertiary/aromatic N) is 2. The minimum Gasteiger partial charge on any atom is -0.385 e. The van der Waals surface area contributed by atoms with E-state index in [1.165, 1.54) is 29.8 Å². The Labute approximate surface area is 131 Å². The second-order valence-corrected chi connectivity index (χ2v) is 6.51. The molecule has 2 aromatic rings. The van der Waals surface area contributed by atoms with Crippen LogP contribution in [0, 0.1) is 0 Å². The number of pyridine rings is 1. The molecule has 3 nitrogen and oxygen atoms in total. The lowest BCUT2D eigenvalue weighted by atomic mass is 10.2. The van der Waals surface area contributed by atoms with Crippen LogP contribution in [0.4, 0.5) is 5.69 Å². The van der Waals surface area contributed by atoms with Gasteiger partial charge in [-0.05, 0) is 53.8 Å². The number of aromatic nitrogens is 1. The summed E-state index contributed by atoms with van der Waals surface area (Å²) in [6.07, 6.45) is 5.73. The van der Waals surface area contributed by atoms with Crippen LogP contribution >= 0.6 is 11.3 Å². The number of rotatable bonds is 8. The molecule has 1 aliphatic carbocycles. The summed E-state index contributed by atoms with van der Waals surface area (Å²) in [7, 11) is 0. The summed E-state index contributed by atoms with van der Waals surface area (Å²) in [5, 5.41) is 7.85. The molecule has 0 saturated heterocycles. The van der Waals surface area contributed by atoms with Gasteiger partial charge in [0, 0.05) is 37.6 Å². The molecule has 0 atom stereocenters. The minimum atomic E-state index is 0.749. The van der Waals surface area contributed by atoms with Crippen molar-refractivity contribution in [2.45, 2.75) is 45.3 Å². The fourth-order valence-electron chi connectivity index (χ4n) is 2.52. The molecule has 1 saturated carbocycles. The SMILES string of the molecule is CCCNc1ccnc(CN(Cc2ccsc2)C2CC2)c1. The van der Waals surface area contributed by atoms with Gasteiger partial charge in [-0.3, -0.25) is 9.88 Å². The van der Waals surface area contributed by atoms with E-state index in [1.54, 1.807) is 11.3 Å². The molecule has 1 fully saturated rings. The van der Waals surface area contributed by atoms with Gasteiger partial charge in [0.05, 0.1) is 5.69 Å².